The van der Waals surface area contributed by atoms with Crippen LogP contribution in [0.1, 0.15) is 12.0 Å². The normalized spacial score (nSPS) is 16.4. The Bertz CT molecular complexity index is 1080. The molecule has 7 heteroatoms. The van der Waals surface area contributed by atoms with Gasteiger partial charge in [-0.15, -0.1) is 0 Å². The monoisotopic (exact) mass is 378 g/mol. The minimum atomic E-state index is -0.700. The van der Waals surface area contributed by atoms with Crippen molar-refractivity contribution < 1.29 is 18.7 Å². The third-order valence-corrected chi connectivity index (χ3v) is 4.63. The van der Waals surface area contributed by atoms with Crippen LogP contribution in [0.25, 0.3) is 11.0 Å². The lowest BCUT2D eigenvalue weighted by molar-refractivity contribution is -0.118. The number of carbonyl (C=O) groups is 2. The molecule has 0 spiro atoms. The maximum Gasteiger partial charge on any atom is 0.408 e. The van der Waals surface area contributed by atoms with Crippen molar-refractivity contribution in [2.45, 2.75) is 19.1 Å². The fourth-order valence-electron chi connectivity index (χ4n) is 3.28. The van der Waals surface area contributed by atoms with Crippen LogP contribution in [-0.4, -0.2) is 24.6 Å². The highest BCUT2D eigenvalue weighted by atomic mass is 16.5. The van der Waals surface area contributed by atoms with E-state index in [0.717, 1.165) is 5.56 Å². The first-order chi connectivity index (χ1) is 13.6. The molecule has 3 aromatic rings. The van der Waals surface area contributed by atoms with E-state index in [2.05, 4.69) is 5.32 Å². The molecule has 1 aromatic heterocycles. The topological polar surface area (TPSA) is 88.9 Å². The van der Waals surface area contributed by atoms with Gasteiger partial charge in [0.2, 0.25) is 5.91 Å². The molecule has 0 aliphatic carbocycles. The van der Waals surface area contributed by atoms with E-state index in [1.54, 1.807) is 18.2 Å². The molecule has 2 aromatic carbocycles. The summed E-state index contributed by atoms with van der Waals surface area (Å²) in [7, 11) is 0. The molecule has 2 heterocycles. The fraction of sp³-hybridized carbons (Fsp3) is 0.190. The summed E-state index contributed by atoms with van der Waals surface area (Å²) in [6.45, 7) is 0.511. The molecule has 7 nitrogen and oxygen atoms in total. The van der Waals surface area contributed by atoms with Gasteiger partial charge in [0.25, 0.3) is 0 Å². The Kier molecular flexibility index (Phi) is 4.80. The van der Waals surface area contributed by atoms with Crippen molar-refractivity contribution in [3.8, 4) is 0 Å². The highest BCUT2D eigenvalue weighted by Crippen LogP contribution is 2.28. The largest absolute Gasteiger partial charge is 0.445 e. The summed E-state index contributed by atoms with van der Waals surface area (Å²) in [5.74, 6) is -0.285. The number of para-hydroxylation sites is 1. The van der Waals surface area contributed by atoms with Crippen molar-refractivity contribution in [2.24, 2.45) is 0 Å². The molecule has 1 atom stereocenters. The molecule has 0 saturated carbocycles. The van der Waals surface area contributed by atoms with Crippen LogP contribution in [0.15, 0.2) is 69.9 Å². The van der Waals surface area contributed by atoms with Crippen LogP contribution < -0.4 is 15.8 Å². The van der Waals surface area contributed by atoms with Gasteiger partial charge in [-0.1, -0.05) is 42.5 Å². The van der Waals surface area contributed by atoms with Crippen LogP contribution in [0, 0.1) is 0 Å². The van der Waals surface area contributed by atoms with Gasteiger partial charge in [-0.2, -0.15) is 0 Å². The van der Waals surface area contributed by atoms with E-state index in [1.165, 1.54) is 11.0 Å². The molecule has 4 rings (SSSR count). The van der Waals surface area contributed by atoms with Crippen molar-refractivity contribution in [3.63, 3.8) is 0 Å². The van der Waals surface area contributed by atoms with Crippen LogP contribution in [0.4, 0.5) is 10.5 Å². The highest BCUT2D eigenvalue weighted by Gasteiger charge is 2.35. The summed E-state index contributed by atoms with van der Waals surface area (Å²) < 4.78 is 10.4. The van der Waals surface area contributed by atoms with E-state index in [9.17, 15) is 14.4 Å². The predicted molar refractivity (Wildman–Crippen MR) is 103 cm³/mol. The summed E-state index contributed by atoms with van der Waals surface area (Å²) in [6, 6.07) is 16.9. The van der Waals surface area contributed by atoms with E-state index < -0.39 is 17.8 Å². The third-order valence-electron chi connectivity index (χ3n) is 4.63. The van der Waals surface area contributed by atoms with Crippen LogP contribution >= 0.6 is 0 Å². The van der Waals surface area contributed by atoms with Gasteiger partial charge in [-0.05, 0) is 24.1 Å². The number of hydrogen-bond donors (Lipinski definition) is 1. The Hall–Kier alpha value is -3.61. The molecule has 0 bridgehead atoms. The van der Waals surface area contributed by atoms with E-state index in [0.29, 0.717) is 29.6 Å². The van der Waals surface area contributed by atoms with Gasteiger partial charge in [0.1, 0.15) is 18.2 Å². The molecule has 1 saturated heterocycles. The van der Waals surface area contributed by atoms with Crippen LogP contribution in [-0.2, 0) is 16.1 Å². The van der Waals surface area contributed by atoms with Crippen LogP contribution in [0.2, 0.25) is 0 Å². The van der Waals surface area contributed by atoms with E-state index in [1.807, 2.05) is 36.4 Å². The Labute approximate surface area is 160 Å². The second kappa shape index (κ2) is 7.56. The fourth-order valence-corrected chi connectivity index (χ4v) is 3.28. The summed E-state index contributed by atoms with van der Waals surface area (Å²) in [6.07, 6.45) is -0.227. The first-order valence-electron chi connectivity index (χ1n) is 8.93. The van der Waals surface area contributed by atoms with Gasteiger partial charge >= 0.3 is 11.7 Å². The Morgan fingerprint density at radius 1 is 1.11 bits per heavy atom. The van der Waals surface area contributed by atoms with E-state index in [-0.39, 0.29) is 12.5 Å². The zero-order valence-corrected chi connectivity index (χ0v) is 15.0. The number of rotatable bonds is 4. The van der Waals surface area contributed by atoms with Crippen molar-refractivity contribution in [3.05, 3.63) is 76.6 Å². The summed E-state index contributed by atoms with van der Waals surface area (Å²) in [5.41, 5.74) is 1.23. The maximum atomic E-state index is 12.8. The lowest BCUT2D eigenvalue weighted by Gasteiger charge is -2.18. The number of anilines is 1. The standard InChI is InChI=1S/C21H18N2O5/c24-19-12-17(15-8-4-5-9-18(15)28-19)23-11-10-16(20(23)25)22-21(26)27-13-14-6-2-1-3-7-14/h1-9,12,16H,10-11,13H2,(H,22,26)/t16-/m0/s1. The highest BCUT2D eigenvalue weighted by molar-refractivity contribution is 6.06. The first-order valence-corrected chi connectivity index (χ1v) is 8.93. The Balaban J connectivity index is 1.45. The lowest BCUT2D eigenvalue weighted by Crippen LogP contribution is -2.41. The summed E-state index contributed by atoms with van der Waals surface area (Å²) >= 11 is 0. The quantitative estimate of drug-likeness (QED) is 0.705. The molecule has 0 radical (unpaired) electrons. The minimum Gasteiger partial charge on any atom is -0.445 e. The minimum absolute atomic E-state index is 0.127. The molecule has 28 heavy (non-hydrogen) atoms. The predicted octanol–water partition coefficient (Wildman–Crippen LogP) is 2.82. The van der Waals surface area contributed by atoms with Crippen molar-refractivity contribution in [1.29, 1.82) is 0 Å². The first kappa shape index (κ1) is 17.8. The van der Waals surface area contributed by atoms with E-state index >= 15 is 0 Å². The molecule has 1 N–H and O–H groups in total. The second-order valence-corrected chi connectivity index (χ2v) is 6.48. The van der Waals surface area contributed by atoms with Gasteiger partial charge in [0.15, 0.2) is 0 Å². The zero-order valence-electron chi connectivity index (χ0n) is 15.0. The number of benzene rings is 2. The molecule has 2 amide bonds. The van der Waals surface area contributed by atoms with Crippen LogP contribution in [0.5, 0.6) is 0 Å². The second-order valence-electron chi connectivity index (χ2n) is 6.48. The summed E-state index contributed by atoms with van der Waals surface area (Å²) in [4.78, 5) is 38.2. The number of hydrogen-bond acceptors (Lipinski definition) is 5. The number of ether oxygens (including phenoxy) is 1. The lowest BCUT2D eigenvalue weighted by atomic mass is 10.2. The van der Waals surface area contributed by atoms with Gasteiger partial charge < -0.3 is 19.4 Å². The SMILES string of the molecule is O=C(N[C@H]1CCN(c2cc(=O)oc3ccccc23)C1=O)OCc1ccccc1. The number of amides is 2. The van der Waals surface area contributed by atoms with Crippen molar-refractivity contribution >= 4 is 28.7 Å². The van der Waals surface area contributed by atoms with E-state index in [4.69, 9.17) is 9.15 Å². The molecular formula is C21H18N2O5. The maximum absolute atomic E-state index is 12.8. The van der Waals surface area contributed by atoms with Gasteiger partial charge in [0, 0.05) is 18.0 Å². The average molecular weight is 378 g/mol. The van der Waals surface area contributed by atoms with Crippen molar-refractivity contribution in [1.82, 2.24) is 5.32 Å². The molecule has 0 unspecified atom stereocenters. The molecule has 1 aliphatic heterocycles. The number of carbonyl (C=O) groups excluding carboxylic acids is 2. The zero-order chi connectivity index (χ0) is 19.5. The van der Waals surface area contributed by atoms with Crippen molar-refractivity contribution in [2.75, 3.05) is 11.4 Å². The summed E-state index contributed by atoms with van der Waals surface area (Å²) in [5, 5.41) is 3.28. The number of fused-ring (bicyclic) bond motifs is 1. The van der Waals surface area contributed by atoms with Gasteiger partial charge in [-0.25, -0.2) is 9.59 Å². The van der Waals surface area contributed by atoms with Gasteiger partial charge in [-0.3, -0.25) is 4.79 Å². The average Bonchev–Trinajstić information content (AvgIpc) is 3.06. The smallest absolute Gasteiger partial charge is 0.408 e. The molecule has 1 aliphatic rings. The van der Waals surface area contributed by atoms with Gasteiger partial charge in [0.05, 0.1) is 5.69 Å². The van der Waals surface area contributed by atoms with Crippen LogP contribution in [0.3, 0.4) is 0 Å². The Morgan fingerprint density at radius 2 is 1.86 bits per heavy atom. The third kappa shape index (κ3) is 3.59. The molecule has 1 fully saturated rings. The number of nitrogens with zero attached hydrogens (tertiary/aromatic N) is 1. The molecular weight excluding hydrogens is 360 g/mol. The Morgan fingerprint density at radius 3 is 2.68 bits per heavy atom. The number of nitrogens with one attached hydrogen (secondary N) is 1. The number of alkyl carbamates (subject to hydrolysis) is 1. The molecule has 142 valence electrons.